The number of methoxy groups -OCH3 is 1. The highest BCUT2D eigenvalue weighted by Crippen LogP contribution is 2.20. The van der Waals surface area contributed by atoms with Gasteiger partial charge in [-0.2, -0.15) is 0 Å². The molecular weight excluding hydrogens is 264 g/mol. The van der Waals surface area contributed by atoms with Gasteiger partial charge in [-0.15, -0.1) is 0 Å². The van der Waals surface area contributed by atoms with Crippen molar-refractivity contribution in [1.29, 1.82) is 0 Å². The van der Waals surface area contributed by atoms with Crippen molar-refractivity contribution in [3.8, 4) is 5.75 Å². The fourth-order valence-corrected chi connectivity index (χ4v) is 2.83. The van der Waals surface area contributed by atoms with Gasteiger partial charge in [0, 0.05) is 25.6 Å². The first-order chi connectivity index (χ1) is 10.2. The maximum Gasteiger partial charge on any atom is 0.222 e. The van der Waals surface area contributed by atoms with Gasteiger partial charge in [-0.05, 0) is 37.6 Å². The van der Waals surface area contributed by atoms with E-state index >= 15 is 0 Å². The molecule has 1 aliphatic heterocycles. The van der Waals surface area contributed by atoms with E-state index in [1.165, 1.54) is 18.4 Å². The van der Waals surface area contributed by atoms with Crippen LogP contribution in [0.1, 0.15) is 43.7 Å². The van der Waals surface area contributed by atoms with Crippen LogP contribution >= 0.6 is 0 Å². The zero-order chi connectivity index (χ0) is 15.1. The van der Waals surface area contributed by atoms with Gasteiger partial charge in [-0.1, -0.05) is 25.0 Å². The van der Waals surface area contributed by atoms with Crippen LogP contribution in [0.2, 0.25) is 0 Å². The molecule has 0 spiro atoms. The van der Waals surface area contributed by atoms with Gasteiger partial charge in [0.25, 0.3) is 0 Å². The highest BCUT2D eigenvalue weighted by atomic mass is 16.5. The molecule has 1 aromatic rings. The molecule has 0 bridgehead atoms. The summed E-state index contributed by atoms with van der Waals surface area (Å²) in [6.45, 7) is 1.62. The van der Waals surface area contributed by atoms with Crippen LogP contribution in [0, 0.1) is 0 Å². The number of nitrogens with zero attached hydrogens (tertiary/aromatic N) is 1. The van der Waals surface area contributed by atoms with E-state index < -0.39 is 0 Å². The molecule has 1 N–H and O–H groups in total. The van der Waals surface area contributed by atoms with Crippen molar-refractivity contribution in [1.82, 2.24) is 10.2 Å². The van der Waals surface area contributed by atoms with Crippen molar-refractivity contribution in [2.75, 3.05) is 27.2 Å². The average molecular weight is 290 g/mol. The Morgan fingerprint density at radius 1 is 1.19 bits per heavy atom. The summed E-state index contributed by atoms with van der Waals surface area (Å²) in [7, 11) is 3.62. The molecule has 4 heteroatoms. The number of carbonyl (C=O) groups excluding carboxylic acids is 1. The molecule has 4 nitrogen and oxygen atoms in total. The molecule has 1 saturated heterocycles. The first-order valence-corrected chi connectivity index (χ1v) is 7.83. The van der Waals surface area contributed by atoms with E-state index in [-0.39, 0.29) is 6.04 Å². The van der Waals surface area contributed by atoms with E-state index in [1.54, 1.807) is 7.11 Å². The standard InChI is InChI=1S/C17H26N2O2/c1-18-16(14-8-10-15(21-2)11-9-14)13-19-12-6-4-3-5-7-17(19)20/h8-11,16,18H,3-7,12-13H2,1-2H3. The highest BCUT2D eigenvalue weighted by molar-refractivity contribution is 5.76. The Hall–Kier alpha value is -1.55. The van der Waals surface area contributed by atoms with Gasteiger partial charge in [0.2, 0.25) is 5.91 Å². The molecule has 1 heterocycles. The number of benzene rings is 1. The summed E-state index contributed by atoms with van der Waals surface area (Å²) in [6.07, 6.45) is 5.26. The number of nitrogens with one attached hydrogen (secondary N) is 1. The smallest absolute Gasteiger partial charge is 0.222 e. The maximum atomic E-state index is 12.2. The summed E-state index contributed by atoms with van der Waals surface area (Å²) in [4.78, 5) is 14.2. The van der Waals surface area contributed by atoms with Gasteiger partial charge in [-0.3, -0.25) is 4.79 Å². The Labute approximate surface area is 127 Å². The molecule has 1 unspecified atom stereocenters. The lowest BCUT2D eigenvalue weighted by Gasteiger charge is -2.29. The van der Waals surface area contributed by atoms with Crippen molar-refractivity contribution < 1.29 is 9.53 Å². The molecule has 1 aromatic carbocycles. The summed E-state index contributed by atoms with van der Waals surface area (Å²) in [5.41, 5.74) is 1.19. The van der Waals surface area contributed by atoms with Crippen LogP contribution < -0.4 is 10.1 Å². The van der Waals surface area contributed by atoms with E-state index in [0.29, 0.717) is 12.3 Å². The van der Waals surface area contributed by atoms with Gasteiger partial charge in [0.15, 0.2) is 0 Å². The monoisotopic (exact) mass is 290 g/mol. The normalized spacial score (nSPS) is 18.0. The third-order valence-electron chi connectivity index (χ3n) is 4.19. The first kappa shape index (κ1) is 15.8. The molecule has 116 valence electrons. The van der Waals surface area contributed by atoms with E-state index in [2.05, 4.69) is 17.4 Å². The predicted octanol–water partition coefficient (Wildman–Crippen LogP) is 2.75. The van der Waals surface area contributed by atoms with Gasteiger partial charge < -0.3 is 15.0 Å². The number of hydrogen-bond acceptors (Lipinski definition) is 3. The van der Waals surface area contributed by atoms with Gasteiger partial charge in [0.1, 0.15) is 5.75 Å². The summed E-state index contributed by atoms with van der Waals surface area (Å²) >= 11 is 0. The second-order valence-electron chi connectivity index (χ2n) is 5.62. The molecule has 0 aliphatic carbocycles. The number of likely N-dealkylation sites (tertiary alicyclic amines) is 1. The number of rotatable bonds is 5. The molecular formula is C17H26N2O2. The second-order valence-corrected chi connectivity index (χ2v) is 5.62. The summed E-state index contributed by atoms with van der Waals surface area (Å²) in [5.74, 6) is 1.15. The third kappa shape index (κ3) is 4.46. The van der Waals surface area contributed by atoms with Gasteiger partial charge in [0.05, 0.1) is 7.11 Å². The van der Waals surface area contributed by atoms with Gasteiger partial charge >= 0.3 is 0 Å². The fourth-order valence-electron chi connectivity index (χ4n) is 2.83. The largest absolute Gasteiger partial charge is 0.497 e. The minimum Gasteiger partial charge on any atom is -0.497 e. The number of likely N-dealkylation sites (N-methyl/N-ethyl adjacent to an activating group) is 1. The lowest BCUT2D eigenvalue weighted by molar-refractivity contribution is -0.132. The zero-order valence-corrected chi connectivity index (χ0v) is 13.1. The third-order valence-corrected chi connectivity index (χ3v) is 4.19. The second kappa shape index (κ2) is 8.03. The quantitative estimate of drug-likeness (QED) is 0.906. The Morgan fingerprint density at radius 3 is 2.57 bits per heavy atom. The predicted molar refractivity (Wildman–Crippen MR) is 84.5 cm³/mol. The van der Waals surface area contributed by atoms with Gasteiger partial charge in [-0.25, -0.2) is 0 Å². The van der Waals surface area contributed by atoms with Crippen LogP contribution in [-0.4, -0.2) is 38.1 Å². The van der Waals surface area contributed by atoms with Crippen molar-refractivity contribution in [3.63, 3.8) is 0 Å². The molecule has 0 saturated carbocycles. The van der Waals surface area contributed by atoms with Crippen LogP contribution in [0.4, 0.5) is 0 Å². The molecule has 0 radical (unpaired) electrons. The Bertz CT molecular complexity index is 445. The molecule has 1 fully saturated rings. The first-order valence-electron chi connectivity index (χ1n) is 7.83. The fraction of sp³-hybridized carbons (Fsp3) is 0.588. The molecule has 1 amide bonds. The summed E-state index contributed by atoms with van der Waals surface area (Å²) in [6, 6.07) is 8.23. The lowest BCUT2D eigenvalue weighted by atomic mass is 10.0. The minimum absolute atomic E-state index is 0.166. The van der Waals surface area contributed by atoms with E-state index in [9.17, 15) is 4.79 Å². The summed E-state index contributed by atoms with van der Waals surface area (Å²) in [5, 5.41) is 3.33. The number of ether oxygens (including phenoxy) is 1. The van der Waals surface area contributed by atoms with E-state index in [1.807, 2.05) is 24.1 Å². The highest BCUT2D eigenvalue weighted by Gasteiger charge is 2.20. The molecule has 2 rings (SSSR count). The minimum atomic E-state index is 0.166. The SMILES string of the molecule is CNC(CN1CCCCCCC1=O)c1ccc(OC)cc1. The van der Waals surface area contributed by atoms with Crippen LogP contribution in [0.15, 0.2) is 24.3 Å². The summed E-state index contributed by atoms with van der Waals surface area (Å²) < 4.78 is 5.20. The molecule has 1 aliphatic rings. The van der Waals surface area contributed by atoms with Crippen molar-refractivity contribution in [2.24, 2.45) is 0 Å². The van der Waals surface area contributed by atoms with Crippen LogP contribution in [0.3, 0.4) is 0 Å². The van der Waals surface area contributed by atoms with Crippen molar-refractivity contribution in [3.05, 3.63) is 29.8 Å². The Morgan fingerprint density at radius 2 is 1.90 bits per heavy atom. The van der Waals surface area contributed by atoms with E-state index in [4.69, 9.17) is 4.74 Å². The molecule has 21 heavy (non-hydrogen) atoms. The van der Waals surface area contributed by atoms with Crippen molar-refractivity contribution in [2.45, 2.75) is 38.1 Å². The Balaban J connectivity index is 2.03. The zero-order valence-electron chi connectivity index (χ0n) is 13.1. The Kier molecular flexibility index (Phi) is 6.05. The van der Waals surface area contributed by atoms with Crippen LogP contribution in [0.25, 0.3) is 0 Å². The molecule has 1 atom stereocenters. The van der Waals surface area contributed by atoms with Crippen molar-refractivity contribution >= 4 is 5.91 Å². The maximum absolute atomic E-state index is 12.2. The average Bonchev–Trinajstić information content (AvgIpc) is 2.51. The number of carbonyl (C=O) groups is 1. The van der Waals surface area contributed by atoms with E-state index in [0.717, 1.165) is 31.7 Å². The number of hydrogen-bond donors (Lipinski definition) is 1. The topological polar surface area (TPSA) is 41.6 Å². The molecule has 0 aromatic heterocycles. The van der Waals surface area contributed by atoms with Crippen LogP contribution in [0.5, 0.6) is 5.75 Å². The van der Waals surface area contributed by atoms with Crippen LogP contribution in [-0.2, 0) is 4.79 Å². The lowest BCUT2D eigenvalue weighted by Crippen LogP contribution is -2.39. The number of amides is 1.